The van der Waals surface area contributed by atoms with E-state index in [-0.39, 0.29) is 17.7 Å². The van der Waals surface area contributed by atoms with E-state index in [1.165, 1.54) is 0 Å². The van der Waals surface area contributed by atoms with Crippen LogP contribution in [0.3, 0.4) is 0 Å². The molecule has 3 nitrogen and oxygen atoms in total. The maximum atomic E-state index is 10.9. The van der Waals surface area contributed by atoms with Crippen molar-refractivity contribution < 1.29 is 8.42 Å². The number of nitrogens with one attached hydrogen (secondary N) is 1. The molecule has 1 aliphatic heterocycles. The summed E-state index contributed by atoms with van der Waals surface area (Å²) in [6.45, 7) is 2.97. The maximum absolute atomic E-state index is 10.9. The van der Waals surface area contributed by atoms with Crippen LogP contribution in [-0.4, -0.2) is 32.5 Å². The predicted octanol–water partition coefficient (Wildman–Crippen LogP) is -0.185. The first-order chi connectivity index (χ1) is 4.13. The van der Waals surface area contributed by atoms with E-state index in [0.717, 1.165) is 0 Å². The third-order valence-corrected chi connectivity index (χ3v) is 3.77. The molecule has 0 aromatic heterocycles. The van der Waals surface area contributed by atoms with Gasteiger partial charge >= 0.3 is 0 Å². The molecule has 0 saturated carbocycles. The Hall–Kier alpha value is 0.200. The van der Waals surface area contributed by atoms with Gasteiger partial charge in [-0.3, -0.25) is 0 Å². The fraction of sp³-hybridized carbons (Fsp3) is 1.00. The summed E-state index contributed by atoms with van der Waals surface area (Å²) in [4.78, 5) is 0. The molecule has 0 bridgehead atoms. The maximum Gasteiger partial charge on any atom is 0.155 e. The number of sulfone groups is 1. The summed E-state index contributed by atoms with van der Waals surface area (Å²) in [7, 11) is -2.72. The Labute approximate surface area is 67.5 Å². The van der Waals surface area contributed by atoms with Crippen molar-refractivity contribution in [2.45, 2.75) is 12.2 Å². The molecule has 1 fully saturated rings. The van der Waals surface area contributed by atoms with Crippen LogP contribution in [0.2, 0.25) is 0 Å². The predicted molar refractivity (Wildman–Crippen MR) is 43.4 cm³/mol. The Morgan fingerprint density at radius 1 is 1.50 bits per heavy atom. The van der Waals surface area contributed by atoms with Crippen LogP contribution >= 0.6 is 12.4 Å². The minimum absolute atomic E-state index is 0. The molecule has 0 radical (unpaired) electrons. The molecule has 10 heavy (non-hydrogen) atoms. The second-order valence-corrected chi connectivity index (χ2v) is 4.92. The van der Waals surface area contributed by atoms with Crippen LogP contribution in [-0.2, 0) is 9.84 Å². The average molecular weight is 186 g/mol. The van der Waals surface area contributed by atoms with Crippen molar-refractivity contribution in [3.8, 4) is 0 Å². The Kier molecular flexibility index (Phi) is 3.62. The van der Waals surface area contributed by atoms with Crippen molar-refractivity contribution in [1.82, 2.24) is 5.32 Å². The SMILES string of the molecule is CC1CNCCS1(=O)=O.Cl. The first kappa shape index (κ1) is 10.2. The number of hydrogen-bond donors (Lipinski definition) is 1. The molecular formula is C5H12ClNO2S. The van der Waals surface area contributed by atoms with Gasteiger partial charge in [0.2, 0.25) is 0 Å². The van der Waals surface area contributed by atoms with Crippen LogP contribution in [0, 0.1) is 0 Å². The van der Waals surface area contributed by atoms with Crippen LogP contribution < -0.4 is 5.32 Å². The standard InChI is InChI=1S/C5H11NO2S.ClH/c1-5-4-6-2-3-9(5,7)8;/h5-6H,2-4H2,1H3;1H. The van der Waals surface area contributed by atoms with E-state index in [0.29, 0.717) is 18.8 Å². The molecule has 1 saturated heterocycles. The van der Waals surface area contributed by atoms with Crippen LogP contribution in [0.15, 0.2) is 0 Å². The smallest absolute Gasteiger partial charge is 0.155 e. The second-order valence-electron chi connectivity index (χ2n) is 2.38. The monoisotopic (exact) mass is 185 g/mol. The Morgan fingerprint density at radius 2 is 2.10 bits per heavy atom. The van der Waals surface area contributed by atoms with Crippen molar-refractivity contribution in [2.24, 2.45) is 0 Å². The van der Waals surface area contributed by atoms with Gasteiger partial charge in [-0.25, -0.2) is 8.42 Å². The van der Waals surface area contributed by atoms with Crippen molar-refractivity contribution in [1.29, 1.82) is 0 Å². The van der Waals surface area contributed by atoms with Crippen LogP contribution in [0.1, 0.15) is 6.92 Å². The molecule has 0 aliphatic carbocycles. The van der Waals surface area contributed by atoms with Gasteiger partial charge in [-0.05, 0) is 6.92 Å². The second kappa shape index (κ2) is 3.55. The van der Waals surface area contributed by atoms with Gasteiger partial charge in [0.1, 0.15) is 0 Å². The van der Waals surface area contributed by atoms with Gasteiger partial charge in [-0.1, -0.05) is 0 Å². The third-order valence-electron chi connectivity index (χ3n) is 1.61. The molecule has 1 rings (SSSR count). The lowest BCUT2D eigenvalue weighted by Crippen LogP contribution is -2.42. The van der Waals surface area contributed by atoms with E-state index in [1.807, 2.05) is 0 Å². The quantitative estimate of drug-likeness (QED) is 0.570. The zero-order valence-corrected chi connectivity index (χ0v) is 7.46. The van der Waals surface area contributed by atoms with Gasteiger partial charge in [0.05, 0.1) is 11.0 Å². The van der Waals surface area contributed by atoms with E-state index in [9.17, 15) is 8.42 Å². The number of rotatable bonds is 0. The van der Waals surface area contributed by atoms with Gasteiger partial charge in [0.15, 0.2) is 9.84 Å². The summed E-state index contributed by atoms with van der Waals surface area (Å²) in [5.74, 6) is 0.300. The van der Waals surface area contributed by atoms with Gasteiger partial charge < -0.3 is 5.32 Å². The topological polar surface area (TPSA) is 46.2 Å². The summed E-state index contributed by atoms with van der Waals surface area (Å²) in [5, 5.41) is 2.82. The van der Waals surface area contributed by atoms with Crippen molar-refractivity contribution in [3.05, 3.63) is 0 Å². The molecule has 1 atom stereocenters. The van der Waals surface area contributed by atoms with E-state index in [1.54, 1.807) is 6.92 Å². The molecule has 0 aromatic carbocycles. The number of hydrogen-bond acceptors (Lipinski definition) is 3. The fourth-order valence-electron chi connectivity index (χ4n) is 0.848. The highest BCUT2D eigenvalue weighted by Gasteiger charge is 2.23. The first-order valence-electron chi connectivity index (χ1n) is 3.05. The summed E-state index contributed by atoms with van der Waals surface area (Å²) in [6.07, 6.45) is 0. The molecular weight excluding hydrogens is 174 g/mol. The molecule has 1 heterocycles. The van der Waals surface area contributed by atoms with Crippen molar-refractivity contribution in [3.63, 3.8) is 0 Å². The summed E-state index contributed by atoms with van der Waals surface area (Å²) < 4.78 is 21.9. The largest absolute Gasteiger partial charge is 0.314 e. The van der Waals surface area contributed by atoms with Gasteiger partial charge in [0.25, 0.3) is 0 Å². The van der Waals surface area contributed by atoms with Gasteiger partial charge in [0, 0.05) is 13.1 Å². The molecule has 1 unspecified atom stereocenters. The van der Waals surface area contributed by atoms with E-state index < -0.39 is 9.84 Å². The Bertz CT molecular complexity index is 190. The lowest BCUT2D eigenvalue weighted by atomic mass is 10.4. The zero-order valence-electron chi connectivity index (χ0n) is 5.83. The normalized spacial score (nSPS) is 30.7. The highest BCUT2D eigenvalue weighted by Crippen LogP contribution is 2.03. The molecule has 0 aromatic rings. The lowest BCUT2D eigenvalue weighted by molar-refractivity contribution is 0.554. The van der Waals surface area contributed by atoms with Crippen LogP contribution in [0.25, 0.3) is 0 Å². The Morgan fingerprint density at radius 3 is 2.40 bits per heavy atom. The zero-order chi connectivity index (χ0) is 6.91. The van der Waals surface area contributed by atoms with E-state index >= 15 is 0 Å². The summed E-state index contributed by atoms with van der Waals surface area (Å²) >= 11 is 0. The highest BCUT2D eigenvalue weighted by molar-refractivity contribution is 7.92. The first-order valence-corrected chi connectivity index (χ1v) is 4.77. The summed E-state index contributed by atoms with van der Waals surface area (Å²) in [5.41, 5.74) is 0. The molecule has 0 spiro atoms. The third kappa shape index (κ3) is 2.11. The molecule has 1 N–H and O–H groups in total. The van der Waals surface area contributed by atoms with Gasteiger partial charge in [-0.15, -0.1) is 12.4 Å². The minimum Gasteiger partial charge on any atom is -0.314 e. The Balaban J connectivity index is 0.000000810. The lowest BCUT2D eigenvalue weighted by Gasteiger charge is -2.18. The minimum atomic E-state index is -2.72. The molecule has 1 aliphatic rings. The average Bonchev–Trinajstić information content (AvgIpc) is 1.77. The van der Waals surface area contributed by atoms with Gasteiger partial charge in [-0.2, -0.15) is 0 Å². The molecule has 5 heteroatoms. The van der Waals surface area contributed by atoms with E-state index in [4.69, 9.17) is 0 Å². The van der Waals surface area contributed by atoms with E-state index in [2.05, 4.69) is 5.32 Å². The number of halogens is 1. The fourth-order valence-corrected chi connectivity index (χ4v) is 2.05. The summed E-state index contributed by atoms with van der Waals surface area (Å²) in [6, 6.07) is 0. The van der Waals surface area contributed by atoms with Crippen LogP contribution in [0.4, 0.5) is 0 Å². The van der Waals surface area contributed by atoms with Crippen molar-refractivity contribution in [2.75, 3.05) is 18.8 Å². The molecule has 0 amide bonds. The van der Waals surface area contributed by atoms with Crippen LogP contribution in [0.5, 0.6) is 0 Å². The molecule has 62 valence electrons. The highest BCUT2D eigenvalue weighted by atomic mass is 35.5. The van der Waals surface area contributed by atoms with Crippen molar-refractivity contribution >= 4 is 22.2 Å².